The van der Waals surface area contributed by atoms with Crippen LogP contribution in [0.1, 0.15) is 61.5 Å². The van der Waals surface area contributed by atoms with Crippen molar-refractivity contribution < 1.29 is 4.79 Å². The molecule has 2 heterocycles. The molecule has 2 aromatic rings. The van der Waals surface area contributed by atoms with Crippen molar-refractivity contribution >= 4 is 16.9 Å². The van der Waals surface area contributed by atoms with Gasteiger partial charge in [0, 0.05) is 11.6 Å². The van der Waals surface area contributed by atoms with Crippen LogP contribution in [0.25, 0.3) is 11.0 Å². The second-order valence-corrected chi connectivity index (χ2v) is 5.23. The summed E-state index contributed by atoms with van der Waals surface area (Å²) >= 11 is 0. The Morgan fingerprint density at radius 3 is 2.90 bits per heavy atom. The number of primary amides is 1. The van der Waals surface area contributed by atoms with Crippen molar-refractivity contribution in [2.24, 2.45) is 5.73 Å². The van der Waals surface area contributed by atoms with Crippen LogP contribution in [0.3, 0.4) is 0 Å². The molecule has 0 aliphatic rings. The lowest BCUT2D eigenvalue weighted by Crippen LogP contribution is -2.16. The monoisotopic (exact) mass is 271 g/mol. The van der Waals surface area contributed by atoms with Gasteiger partial charge in [-0.05, 0) is 30.5 Å². The van der Waals surface area contributed by atoms with E-state index < -0.39 is 5.91 Å². The molecule has 2 N–H and O–H groups in total. The standard InChI is InChI=1S/C16H21N3O/c1-3-4-5-7-11(2)14-13(15(17)20)10-12-8-6-9-18-16(12)19-14/h6,8-11H,3-5,7H2,1-2H3,(H2,17,20). The van der Waals surface area contributed by atoms with Crippen LogP contribution in [-0.2, 0) is 0 Å². The van der Waals surface area contributed by atoms with Crippen molar-refractivity contribution in [1.82, 2.24) is 9.97 Å². The van der Waals surface area contributed by atoms with Crippen LogP contribution in [-0.4, -0.2) is 15.9 Å². The third-order valence-electron chi connectivity index (χ3n) is 3.59. The fraction of sp³-hybridized carbons (Fsp3) is 0.438. The van der Waals surface area contributed by atoms with Gasteiger partial charge in [-0.1, -0.05) is 33.1 Å². The molecule has 1 unspecified atom stereocenters. The molecule has 0 saturated heterocycles. The van der Waals surface area contributed by atoms with Crippen LogP contribution in [0, 0.1) is 0 Å². The maximum absolute atomic E-state index is 11.7. The molecule has 0 aliphatic heterocycles. The summed E-state index contributed by atoms with van der Waals surface area (Å²) in [4.78, 5) is 20.5. The van der Waals surface area contributed by atoms with Gasteiger partial charge in [-0.2, -0.15) is 0 Å². The second-order valence-electron chi connectivity index (χ2n) is 5.23. The minimum atomic E-state index is -0.416. The number of carbonyl (C=O) groups excluding carboxylic acids is 1. The van der Waals surface area contributed by atoms with Gasteiger partial charge < -0.3 is 5.73 Å². The third kappa shape index (κ3) is 3.13. The molecule has 1 amide bonds. The van der Waals surface area contributed by atoms with E-state index >= 15 is 0 Å². The van der Waals surface area contributed by atoms with Crippen molar-refractivity contribution in [3.05, 3.63) is 35.7 Å². The van der Waals surface area contributed by atoms with Gasteiger partial charge in [0.05, 0.1) is 11.3 Å². The molecule has 0 saturated carbocycles. The first-order valence-electron chi connectivity index (χ1n) is 7.19. The molecule has 0 radical (unpaired) electrons. The minimum absolute atomic E-state index is 0.218. The first-order valence-corrected chi connectivity index (χ1v) is 7.19. The van der Waals surface area contributed by atoms with E-state index in [0.717, 1.165) is 23.9 Å². The molecule has 20 heavy (non-hydrogen) atoms. The molecule has 4 nitrogen and oxygen atoms in total. The Morgan fingerprint density at radius 1 is 1.40 bits per heavy atom. The second kappa shape index (κ2) is 6.46. The predicted octanol–water partition coefficient (Wildman–Crippen LogP) is 3.41. The minimum Gasteiger partial charge on any atom is -0.366 e. The van der Waals surface area contributed by atoms with Crippen LogP contribution in [0.15, 0.2) is 24.4 Å². The number of unbranched alkanes of at least 4 members (excludes halogenated alkanes) is 2. The number of carbonyl (C=O) groups is 1. The smallest absolute Gasteiger partial charge is 0.250 e. The Morgan fingerprint density at radius 2 is 2.20 bits per heavy atom. The normalized spacial score (nSPS) is 12.5. The fourth-order valence-electron chi connectivity index (χ4n) is 2.43. The number of hydrogen-bond donors (Lipinski definition) is 1. The number of nitrogens with two attached hydrogens (primary N) is 1. The van der Waals surface area contributed by atoms with Crippen molar-refractivity contribution in [2.75, 3.05) is 0 Å². The maximum Gasteiger partial charge on any atom is 0.250 e. The molecule has 0 fully saturated rings. The first kappa shape index (κ1) is 14.4. The number of aromatic nitrogens is 2. The lowest BCUT2D eigenvalue weighted by Gasteiger charge is -2.14. The fourth-order valence-corrected chi connectivity index (χ4v) is 2.43. The van der Waals surface area contributed by atoms with Crippen LogP contribution in [0.2, 0.25) is 0 Å². The van der Waals surface area contributed by atoms with Gasteiger partial charge in [0.15, 0.2) is 5.65 Å². The summed E-state index contributed by atoms with van der Waals surface area (Å²) in [5, 5.41) is 0.853. The highest BCUT2D eigenvalue weighted by atomic mass is 16.1. The Bertz CT molecular complexity index is 610. The van der Waals surface area contributed by atoms with E-state index in [-0.39, 0.29) is 5.92 Å². The largest absolute Gasteiger partial charge is 0.366 e. The lowest BCUT2D eigenvalue weighted by atomic mass is 9.95. The lowest BCUT2D eigenvalue weighted by molar-refractivity contribution is 0.0998. The maximum atomic E-state index is 11.7. The SMILES string of the molecule is CCCCCC(C)c1nc2ncccc2cc1C(N)=O. The topological polar surface area (TPSA) is 68.9 Å². The number of pyridine rings is 2. The molecule has 2 rings (SSSR count). The highest BCUT2D eigenvalue weighted by Gasteiger charge is 2.17. The molecule has 2 aromatic heterocycles. The van der Waals surface area contributed by atoms with E-state index in [9.17, 15) is 4.79 Å². The number of nitrogens with zero attached hydrogens (tertiary/aromatic N) is 2. The molecule has 0 aromatic carbocycles. The first-order chi connectivity index (χ1) is 9.63. The van der Waals surface area contributed by atoms with Crippen molar-refractivity contribution in [3.8, 4) is 0 Å². The van der Waals surface area contributed by atoms with Gasteiger partial charge in [-0.15, -0.1) is 0 Å². The van der Waals surface area contributed by atoms with E-state index in [1.54, 1.807) is 6.20 Å². The Kier molecular flexibility index (Phi) is 4.66. The summed E-state index contributed by atoms with van der Waals surface area (Å²) in [5.74, 6) is -0.198. The molecule has 106 valence electrons. The van der Waals surface area contributed by atoms with Gasteiger partial charge in [0.1, 0.15) is 0 Å². The molecule has 4 heteroatoms. The molecule has 0 aliphatic carbocycles. The molecule has 0 spiro atoms. The van der Waals surface area contributed by atoms with Gasteiger partial charge >= 0.3 is 0 Å². The zero-order valence-electron chi connectivity index (χ0n) is 12.1. The van der Waals surface area contributed by atoms with Crippen LogP contribution in [0.4, 0.5) is 0 Å². The summed E-state index contributed by atoms with van der Waals surface area (Å²) in [6.45, 7) is 4.27. The van der Waals surface area contributed by atoms with Crippen molar-refractivity contribution in [2.45, 2.75) is 45.4 Å². The Hall–Kier alpha value is -1.97. The summed E-state index contributed by atoms with van der Waals surface area (Å²) in [6, 6.07) is 5.54. The highest BCUT2D eigenvalue weighted by Crippen LogP contribution is 2.25. The summed E-state index contributed by atoms with van der Waals surface area (Å²) in [7, 11) is 0. The number of fused-ring (bicyclic) bond motifs is 1. The van der Waals surface area contributed by atoms with Crippen molar-refractivity contribution in [3.63, 3.8) is 0 Å². The Balaban J connectivity index is 2.38. The molecule has 1 atom stereocenters. The zero-order valence-corrected chi connectivity index (χ0v) is 12.1. The number of hydrogen-bond acceptors (Lipinski definition) is 3. The predicted molar refractivity (Wildman–Crippen MR) is 80.6 cm³/mol. The van der Waals surface area contributed by atoms with E-state index in [2.05, 4.69) is 23.8 Å². The summed E-state index contributed by atoms with van der Waals surface area (Å²) < 4.78 is 0. The van der Waals surface area contributed by atoms with E-state index in [0.29, 0.717) is 11.2 Å². The molecular formula is C16H21N3O. The van der Waals surface area contributed by atoms with E-state index in [1.807, 2.05) is 18.2 Å². The highest BCUT2D eigenvalue weighted by molar-refractivity contribution is 5.97. The molecular weight excluding hydrogens is 250 g/mol. The quantitative estimate of drug-likeness (QED) is 0.818. The molecule has 0 bridgehead atoms. The van der Waals surface area contributed by atoms with Crippen LogP contribution < -0.4 is 5.73 Å². The number of amides is 1. The third-order valence-corrected chi connectivity index (χ3v) is 3.59. The van der Waals surface area contributed by atoms with Crippen LogP contribution >= 0.6 is 0 Å². The van der Waals surface area contributed by atoms with Crippen LogP contribution in [0.5, 0.6) is 0 Å². The van der Waals surface area contributed by atoms with E-state index in [4.69, 9.17) is 5.73 Å². The van der Waals surface area contributed by atoms with Crippen molar-refractivity contribution in [1.29, 1.82) is 0 Å². The Labute approximate surface area is 119 Å². The van der Waals surface area contributed by atoms with Gasteiger partial charge in [-0.3, -0.25) is 4.79 Å². The zero-order chi connectivity index (χ0) is 14.5. The van der Waals surface area contributed by atoms with Gasteiger partial charge in [0.25, 0.3) is 5.91 Å². The average Bonchev–Trinajstić information content (AvgIpc) is 2.46. The van der Waals surface area contributed by atoms with E-state index in [1.165, 1.54) is 12.8 Å². The average molecular weight is 271 g/mol. The number of rotatable bonds is 6. The summed E-state index contributed by atoms with van der Waals surface area (Å²) in [5.41, 5.74) is 7.47. The van der Waals surface area contributed by atoms with Gasteiger partial charge in [-0.25, -0.2) is 9.97 Å². The summed E-state index contributed by atoms with van der Waals surface area (Å²) in [6.07, 6.45) is 6.24. The van der Waals surface area contributed by atoms with Gasteiger partial charge in [0.2, 0.25) is 0 Å².